The number of nitrogens with one attached hydrogen (secondary N) is 2. The maximum Gasteiger partial charge on any atom is 0.303 e. The number of anilines is 2. The predicted octanol–water partition coefficient (Wildman–Crippen LogP) is 8.00. The minimum Gasteiger partial charge on any atom is -0.481 e. The van der Waals surface area contributed by atoms with Crippen LogP contribution in [-0.4, -0.2) is 90.8 Å². The van der Waals surface area contributed by atoms with Crippen LogP contribution in [0.3, 0.4) is 0 Å². The van der Waals surface area contributed by atoms with Crippen molar-refractivity contribution in [3.8, 4) is 22.3 Å². The van der Waals surface area contributed by atoms with Gasteiger partial charge in [0.2, 0.25) is 5.91 Å². The van der Waals surface area contributed by atoms with E-state index in [2.05, 4.69) is 39.3 Å². The summed E-state index contributed by atoms with van der Waals surface area (Å²) < 4.78 is 60.5. The summed E-state index contributed by atoms with van der Waals surface area (Å²) in [6, 6.07) is 13.9. The van der Waals surface area contributed by atoms with Gasteiger partial charge in [0.25, 0.3) is 31.2 Å². The van der Waals surface area contributed by atoms with Crippen molar-refractivity contribution in [2.24, 2.45) is 0 Å². The molecule has 0 aliphatic carbocycles. The second kappa shape index (κ2) is 24.6. The molecule has 400 valence electrons. The van der Waals surface area contributed by atoms with E-state index >= 15 is 0 Å². The van der Waals surface area contributed by atoms with Crippen molar-refractivity contribution in [2.75, 3.05) is 22.5 Å². The number of hydrogen-bond acceptors (Lipinski definition) is 16. The molecule has 0 unspecified atom stereocenters. The second-order valence-corrected chi connectivity index (χ2v) is 23.9. The van der Waals surface area contributed by atoms with Crippen LogP contribution in [0.15, 0.2) is 91.6 Å². The number of benzene rings is 2. The van der Waals surface area contributed by atoms with Gasteiger partial charge in [0.05, 0.1) is 78.6 Å². The van der Waals surface area contributed by atoms with Gasteiger partial charge in [-0.1, -0.05) is 12.1 Å². The molecule has 0 radical (unpaired) electrons. The number of amides is 1. The molecule has 0 saturated carbocycles. The molecule has 1 fully saturated rings. The summed E-state index contributed by atoms with van der Waals surface area (Å²) in [6.45, 7) is 12.5. The quantitative estimate of drug-likeness (QED) is 0.0773. The van der Waals surface area contributed by atoms with Crippen LogP contribution < -0.4 is 20.6 Å². The second-order valence-electron chi connectivity index (χ2n) is 17.8. The molecule has 9 rings (SSSR count). The number of carboxylic acids is 1. The first-order chi connectivity index (χ1) is 35.2. The van der Waals surface area contributed by atoms with Crippen LogP contribution in [0.2, 0.25) is 0 Å². The molecule has 6 aromatic heterocycles. The number of fused-ring (bicyclic) bond motifs is 2. The van der Waals surface area contributed by atoms with Gasteiger partial charge in [-0.3, -0.25) is 47.7 Å². The Labute approximate surface area is 462 Å². The zero-order valence-corrected chi connectivity index (χ0v) is 49.0. The standard InChI is InChI=1S/C27H30N6O4S2.C23H23N5O5S2.CH3.W/c1-17-24(31-39(36,37)27-18(2)30-19(3)38-27)14-21(15-28-17)20-8-9-23-22(13-20)26(35)33(16-29-23)12-6-7-25(34)32-10-4-5-11-32;1-13-20(27-35(32,33)23-14(2)26-15(3)34-23)10-17(11-24-13)16-6-7-19-18(9-16)22(31)28(12-25-19)8-4-5-21(29)30;;/h8-9,13-16,31H,4-7,10-12H2,1-3H3;6-7,9-12,27H,4-5,8H2,1-3H3,(H,29,30);1H3;/q;;-1;. The number of thiazole rings is 2. The van der Waals surface area contributed by atoms with E-state index in [4.69, 9.17) is 5.11 Å². The summed E-state index contributed by atoms with van der Waals surface area (Å²) >= 11 is 2.22. The maximum atomic E-state index is 13.3. The molecule has 7 heterocycles. The summed E-state index contributed by atoms with van der Waals surface area (Å²) in [5, 5.41) is 11.0. The molecule has 0 bridgehead atoms. The number of hydrogen-bond donors (Lipinski definition) is 3. The minimum absolute atomic E-state index is 0. The number of nitrogens with zero attached hydrogens (tertiary/aromatic N) is 9. The molecule has 1 aliphatic heterocycles. The topological polar surface area (TPSA) is 271 Å². The number of carbonyl (C=O) groups excluding carboxylic acids is 1. The van der Waals surface area contributed by atoms with E-state index in [-0.39, 0.29) is 66.9 Å². The average molecular weight is 1280 g/mol. The molecule has 1 amide bonds. The normalized spacial score (nSPS) is 12.4. The fraction of sp³-hybridized carbons (Fsp3) is 0.314. The maximum absolute atomic E-state index is 13.3. The molecule has 76 heavy (non-hydrogen) atoms. The third-order valence-corrected chi connectivity index (χ3v) is 18.3. The summed E-state index contributed by atoms with van der Waals surface area (Å²) in [6.07, 6.45) is 9.53. The summed E-state index contributed by atoms with van der Waals surface area (Å²) in [5.41, 5.74) is 5.83. The monoisotopic (exact) mass is 1280 g/mol. The number of rotatable bonds is 16. The number of pyridine rings is 2. The summed E-state index contributed by atoms with van der Waals surface area (Å²) in [7, 11) is -7.68. The van der Waals surface area contributed by atoms with E-state index in [1.165, 1.54) is 21.8 Å². The van der Waals surface area contributed by atoms with Gasteiger partial charge < -0.3 is 17.4 Å². The van der Waals surface area contributed by atoms with Gasteiger partial charge in [0.15, 0.2) is 8.42 Å². The van der Waals surface area contributed by atoms with E-state index < -0.39 is 26.0 Å². The molecule has 3 N–H and O–H groups in total. The fourth-order valence-electron chi connectivity index (χ4n) is 8.42. The Kier molecular flexibility index (Phi) is 19.0. The molecule has 1 saturated heterocycles. The van der Waals surface area contributed by atoms with E-state index in [1.807, 2.05) is 11.0 Å². The van der Waals surface area contributed by atoms with Crippen LogP contribution >= 0.6 is 22.7 Å². The summed E-state index contributed by atoms with van der Waals surface area (Å²) in [5.74, 6) is -0.788. The van der Waals surface area contributed by atoms with Crippen LogP contribution in [0.1, 0.15) is 71.3 Å². The third kappa shape index (κ3) is 13.5. The molecular formula is C51H56N11O9S4W-. The number of aliphatic carboxylic acids is 1. The first-order valence-corrected chi connectivity index (χ1v) is 28.1. The van der Waals surface area contributed by atoms with Crippen LogP contribution in [0, 0.1) is 49.0 Å². The molecular weight excluding hydrogens is 1220 g/mol. The van der Waals surface area contributed by atoms with Crippen molar-refractivity contribution in [1.29, 1.82) is 0 Å². The average Bonchev–Trinajstić information content (AvgIpc) is 4.12. The van der Waals surface area contributed by atoms with Gasteiger partial charge >= 0.3 is 5.97 Å². The van der Waals surface area contributed by atoms with Crippen molar-refractivity contribution in [1.82, 2.24) is 43.9 Å². The zero-order chi connectivity index (χ0) is 53.1. The van der Waals surface area contributed by atoms with Gasteiger partial charge in [0.1, 0.15) is 0 Å². The van der Waals surface area contributed by atoms with Crippen molar-refractivity contribution in [3.05, 3.63) is 135 Å². The third-order valence-electron chi connectivity index (χ3n) is 12.2. The van der Waals surface area contributed by atoms with Gasteiger partial charge in [-0.25, -0.2) is 36.8 Å². The van der Waals surface area contributed by atoms with Crippen molar-refractivity contribution >= 4 is 87.8 Å². The number of aromatic nitrogens is 8. The van der Waals surface area contributed by atoms with E-state index in [9.17, 15) is 36.0 Å². The Hall–Kier alpha value is -6.59. The number of likely N-dealkylation sites (tertiary alicyclic amines) is 1. The minimum atomic E-state index is -3.85. The van der Waals surface area contributed by atoms with Crippen LogP contribution in [0.4, 0.5) is 11.4 Å². The predicted molar refractivity (Wildman–Crippen MR) is 291 cm³/mol. The fourth-order valence-corrected chi connectivity index (χ4v) is 13.6. The van der Waals surface area contributed by atoms with Crippen molar-refractivity contribution in [3.63, 3.8) is 0 Å². The van der Waals surface area contributed by atoms with Gasteiger partial charge in [-0.05, 0) is 115 Å². The first-order valence-electron chi connectivity index (χ1n) is 23.5. The Balaban J connectivity index is 0.000000242. The molecule has 20 nitrogen and oxygen atoms in total. The summed E-state index contributed by atoms with van der Waals surface area (Å²) in [4.78, 5) is 77.1. The largest absolute Gasteiger partial charge is 0.481 e. The molecule has 2 aromatic carbocycles. The Morgan fingerprint density at radius 2 is 1.03 bits per heavy atom. The van der Waals surface area contributed by atoms with Gasteiger partial charge in [-0.15, -0.1) is 22.7 Å². The Morgan fingerprint density at radius 3 is 1.42 bits per heavy atom. The molecule has 1 aliphatic rings. The number of carbonyl (C=O) groups is 2. The van der Waals surface area contributed by atoms with Crippen LogP contribution in [0.25, 0.3) is 44.1 Å². The van der Waals surface area contributed by atoms with Crippen LogP contribution in [0.5, 0.6) is 0 Å². The SMILES string of the molecule is Cc1nc(C)c(S(=O)(=O)Nc2cc(-c3ccc4ncn(CCCC(=O)N5CCCC5)c(=O)c4c3)cnc2C)s1.Cc1nc(C)c(S(=O)(=O)Nc2cc(-c3ccc4ncn(CCCC(=O)O)c(=O)c4c3)cnc2C)s1.[CH3-].[W]. The molecule has 25 heteroatoms. The molecule has 8 aromatic rings. The Morgan fingerprint density at radius 1 is 0.605 bits per heavy atom. The smallest absolute Gasteiger partial charge is 0.303 e. The Bertz CT molecular complexity index is 3830. The van der Waals surface area contributed by atoms with Gasteiger partial charge in [0, 0.05) is 83.6 Å². The zero-order valence-electron chi connectivity index (χ0n) is 42.8. The molecule has 0 atom stereocenters. The first kappa shape index (κ1) is 58.7. The van der Waals surface area contributed by atoms with Gasteiger partial charge in [-0.2, -0.15) is 0 Å². The van der Waals surface area contributed by atoms with E-state index in [1.54, 1.807) is 96.4 Å². The van der Waals surface area contributed by atoms with Crippen molar-refractivity contribution < 1.29 is 52.6 Å². The van der Waals surface area contributed by atoms with Crippen LogP contribution in [-0.2, 0) is 63.8 Å². The van der Waals surface area contributed by atoms with Crippen molar-refractivity contribution in [2.45, 2.75) is 102 Å². The van der Waals surface area contributed by atoms with E-state index in [0.717, 1.165) is 48.6 Å². The molecule has 0 spiro atoms. The number of carboxylic acid groups (broad SMARTS) is 1. The van der Waals surface area contributed by atoms with E-state index in [0.29, 0.717) is 114 Å². The number of aryl methyl sites for hydroxylation is 8. The number of sulfonamides is 2.